The molecule has 0 bridgehead atoms. The first-order valence-electron chi connectivity index (χ1n) is 10.6. The van der Waals surface area contributed by atoms with Crippen LogP contribution in [0.4, 0.5) is 0 Å². The lowest BCUT2D eigenvalue weighted by molar-refractivity contribution is 0.0894. The van der Waals surface area contributed by atoms with Crippen molar-refractivity contribution in [1.82, 2.24) is 19.9 Å². The second-order valence-corrected chi connectivity index (χ2v) is 8.63. The molecule has 6 nitrogen and oxygen atoms in total. The first-order valence-corrected chi connectivity index (χ1v) is 11.4. The number of benzene rings is 2. The van der Waals surface area contributed by atoms with Gasteiger partial charge in [-0.2, -0.15) is 0 Å². The van der Waals surface area contributed by atoms with E-state index in [4.69, 9.17) is 32.9 Å². The number of halogens is 2. The molecule has 2 aromatic heterocycles. The zero-order chi connectivity index (χ0) is 23.4. The van der Waals surface area contributed by atoms with Gasteiger partial charge in [0, 0.05) is 28.9 Å². The molecule has 0 saturated carbocycles. The summed E-state index contributed by atoms with van der Waals surface area (Å²) in [6.45, 7) is 3.01. The molecule has 1 unspecified atom stereocenters. The van der Waals surface area contributed by atoms with Gasteiger partial charge in [-0.25, -0.2) is 9.97 Å². The summed E-state index contributed by atoms with van der Waals surface area (Å²) in [6, 6.07) is 16.9. The Balaban J connectivity index is 1.75. The van der Waals surface area contributed by atoms with E-state index in [1.165, 1.54) is 0 Å². The third-order valence-corrected chi connectivity index (χ3v) is 5.90. The van der Waals surface area contributed by atoms with Crippen molar-refractivity contribution in [2.24, 2.45) is 0 Å². The Kier molecular flexibility index (Phi) is 7.28. The number of amides is 1. The fourth-order valence-electron chi connectivity index (χ4n) is 3.61. The number of carbonyl (C=O) groups is 1. The van der Waals surface area contributed by atoms with Gasteiger partial charge in [-0.3, -0.25) is 4.79 Å². The Labute approximate surface area is 202 Å². The van der Waals surface area contributed by atoms with Gasteiger partial charge in [0.25, 0.3) is 5.91 Å². The molecule has 2 aromatic carbocycles. The van der Waals surface area contributed by atoms with Crippen LogP contribution in [-0.2, 0) is 11.3 Å². The standard InChI is InChI=1S/C25H24Cl2N4O2/c1-3-21(15-33-2)29-25(32)18-12-22-24(28-13-18)31(14-16-4-8-19(26)9-5-16)23(30-22)17-6-10-20(27)11-7-17/h4-13,21H,3,14-15H2,1-2H3,(H,29,32). The van der Waals surface area contributed by atoms with E-state index >= 15 is 0 Å². The van der Waals surface area contributed by atoms with Crippen LogP contribution in [0, 0.1) is 0 Å². The zero-order valence-corrected chi connectivity index (χ0v) is 19.9. The average Bonchev–Trinajstić information content (AvgIpc) is 3.18. The van der Waals surface area contributed by atoms with Crippen molar-refractivity contribution in [3.8, 4) is 11.4 Å². The number of fused-ring (bicyclic) bond motifs is 1. The van der Waals surface area contributed by atoms with E-state index in [2.05, 4.69) is 10.3 Å². The van der Waals surface area contributed by atoms with Crippen LogP contribution in [0.15, 0.2) is 60.8 Å². The lowest BCUT2D eigenvalue weighted by Crippen LogP contribution is -2.37. The largest absolute Gasteiger partial charge is 0.383 e. The van der Waals surface area contributed by atoms with Crippen molar-refractivity contribution in [1.29, 1.82) is 0 Å². The van der Waals surface area contributed by atoms with E-state index in [1.807, 2.05) is 60.0 Å². The third-order valence-electron chi connectivity index (χ3n) is 5.40. The number of hydrogen-bond acceptors (Lipinski definition) is 4. The number of pyridine rings is 1. The van der Waals surface area contributed by atoms with E-state index in [0.29, 0.717) is 39.9 Å². The van der Waals surface area contributed by atoms with E-state index in [1.54, 1.807) is 19.4 Å². The summed E-state index contributed by atoms with van der Waals surface area (Å²) in [5.41, 5.74) is 3.75. The number of carbonyl (C=O) groups excluding carboxylic acids is 1. The lowest BCUT2D eigenvalue weighted by Gasteiger charge is -2.15. The van der Waals surface area contributed by atoms with E-state index in [0.717, 1.165) is 23.4 Å². The highest BCUT2D eigenvalue weighted by Crippen LogP contribution is 2.27. The Bertz CT molecular complexity index is 1250. The van der Waals surface area contributed by atoms with Crippen molar-refractivity contribution in [3.05, 3.63) is 82.0 Å². The molecular formula is C25H24Cl2N4O2. The maximum atomic E-state index is 12.8. The minimum Gasteiger partial charge on any atom is -0.383 e. The monoisotopic (exact) mass is 482 g/mol. The molecule has 0 saturated heterocycles. The smallest absolute Gasteiger partial charge is 0.253 e. The number of nitrogens with zero attached hydrogens (tertiary/aromatic N) is 3. The van der Waals surface area contributed by atoms with E-state index in [-0.39, 0.29) is 11.9 Å². The number of hydrogen-bond donors (Lipinski definition) is 1. The minimum atomic E-state index is -0.200. The molecule has 0 aliphatic heterocycles. The van der Waals surface area contributed by atoms with Gasteiger partial charge in [-0.05, 0) is 54.4 Å². The van der Waals surface area contributed by atoms with Crippen LogP contribution in [0.5, 0.6) is 0 Å². The van der Waals surface area contributed by atoms with Crippen molar-refractivity contribution >= 4 is 40.3 Å². The Morgan fingerprint density at radius 2 is 1.76 bits per heavy atom. The van der Waals surface area contributed by atoms with Crippen LogP contribution < -0.4 is 5.32 Å². The van der Waals surface area contributed by atoms with Gasteiger partial charge in [-0.15, -0.1) is 0 Å². The fraction of sp³-hybridized carbons (Fsp3) is 0.240. The summed E-state index contributed by atoms with van der Waals surface area (Å²) < 4.78 is 7.21. The molecule has 33 heavy (non-hydrogen) atoms. The van der Waals surface area contributed by atoms with E-state index < -0.39 is 0 Å². The summed E-state index contributed by atoms with van der Waals surface area (Å²) in [6.07, 6.45) is 2.36. The van der Waals surface area contributed by atoms with Crippen LogP contribution in [0.1, 0.15) is 29.3 Å². The molecule has 170 valence electrons. The van der Waals surface area contributed by atoms with Crippen LogP contribution in [0.25, 0.3) is 22.6 Å². The molecule has 0 fully saturated rings. The molecule has 0 spiro atoms. The summed E-state index contributed by atoms with van der Waals surface area (Å²) in [7, 11) is 1.62. The van der Waals surface area contributed by atoms with Crippen LogP contribution in [0.3, 0.4) is 0 Å². The predicted octanol–water partition coefficient (Wildman–Crippen LogP) is 5.61. The van der Waals surface area contributed by atoms with Gasteiger partial charge in [0.05, 0.1) is 24.8 Å². The normalized spacial score (nSPS) is 12.1. The molecule has 4 aromatic rings. The second-order valence-electron chi connectivity index (χ2n) is 7.76. The van der Waals surface area contributed by atoms with Gasteiger partial charge < -0.3 is 14.6 Å². The lowest BCUT2D eigenvalue weighted by atomic mass is 10.2. The van der Waals surface area contributed by atoms with Gasteiger partial charge in [0.2, 0.25) is 0 Å². The average molecular weight is 483 g/mol. The highest BCUT2D eigenvalue weighted by molar-refractivity contribution is 6.30. The van der Waals surface area contributed by atoms with Gasteiger partial charge >= 0.3 is 0 Å². The molecule has 2 heterocycles. The summed E-state index contributed by atoms with van der Waals surface area (Å²) in [5.74, 6) is 0.543. The first kappa shape index (κ1) is 23.2. The first-order chi connectivity index (χ1) is 16.0. The number of ether oxygens (including phenoxy) is 1. The van der Waals surface area contributed by atoms with Gasteiger partial charge in [-0.1, -0.05) is 42.3 Å². The number of nitrogens with one attached hydrogen (secondary N) is 1. The highest BCUT2D eigenvalue weighted by atomic mass is 35.5. The van der Waals surface area contributed by atoms with Crippen LogP contribution in [0.2, 0.25) is 10.0 Å². The molecular weight excluding hydrogens is 459 g/mol. The number of imidazole rings is 1. The summed E-state index contributed by atoms with van der Waals surface area (Å²) in [4.78, 5) is 22.2. The predicted molar refractivity (Wildman–Crippen MR) is 132 cm³/mol. The second kappa shape index (κ2) is 10.3. The number of rotatable bonds is 8. The van der Waals surface area contributed by atoms with Crippen molar-refractivity contribution in [2.75, 3.05) is 13.7 Å². The Morgan fingerprint density at radius 1 is 1.09 bits per heavy atom. The Morgan fingerprint density at radius 3 is 2.39 bits per heavy atom. The molecule has 0 radical (unpaired) electrons. The molecule has 8 heteroatoms. The molecule has 1 atom stereocenters. The van der Waals surface area contributed by atoms with Crippen LogP contribution in [-0.4, -0.2) is 40.2 Å². The van der Waals surface area contributed by atoms with E-state index in [9.17, 15) is 4.79 Å². The molecule has 1 N–H and O–H groups in total. The van der Waals surface area contributed by atoms with Crippen molar-refractivity contribution < 1.29 is 9.53 Å². The number of methoxy groups -OCH3 is 1. The quantitative estimate of drug-likeness (QED) is 0.354. The van der Waals surface area contributed by atoms with Gasteiger partial charge in [0.1, 0.15) is 11.3 Å². The number of aromatic nitrogens is 3. The zero-order valence-electron chi connectivity index (χ0n) is 18.4. The summed E-state index contributed by atoms with van der Waals surface area (Å²) >= 11 is 12.1. The highest BCUT2D eigenvalue weighted by Gasteiger charge is 2.18. The fourth-order valence-corrected chi connectivity index (χ4v) is 3.86. The molecule has 0 aliphatic rings. The summed E-state index contributed by atoms with van der Waals surface area (Å²) in [5, 5.41) is 4.32. The molecule has 0 aliphatic carbocycles. The maximum absolute atomic E-state index is 12.8. The SMILES string of the molecule is CCC(COC)NC(=O)c1cnc2c(c1)nc(-c1ccc(Cl)cc1)n2Cc1ccc(Cl)cc1. The Hall–Kier alpha value is -2.93. The minimum absolute atomic E-state index is 0.0645. The molecule has 4 rings (SSSR count). The van der Waals surface area contributed by atoms with Crippen molar-refractivity contribution in [3.63, 3.8) is 0 Å². The van der Waals surface area contributed by atoms with Crippen molar-refractivity contribution in [2.45, 2.75) is 25.9 Å². The molecule has 1 amide bonds. The van der Waals surface area contributed by atoms with Gasteiger partial charge in [0.15, 0.2) is 5.65 Å². The van der Waals surface area contributed by atoms with Crippen LogP contribution >= 0.6 is 23.2 Å². The maximum Gasteiger partial charge on any atom is 0.253 e. The third kappa shape index (κ3) is 5.36. The topological polar surface area (TPSA) is 69.0 Å².